The second-order valence-electron chi connectivity index (χ2n) is 7.08. The van der Waals surface area contributed by atoms with Crippen molar-refractivity contribution in [2.75, 3.05) is 20.1 Å². The number of hydrogen-bond acceptors (Lipinski definition) is 3. The van der Waals surface area contributed by atoms with Gasteiger partial charge in [-0.1, -0.05) is 18.2 Å². The van der Waals surface area contributed by atoms with E-state index in [4.69, 9.17) is 0 Å². The number of benzene rings is 1. The summed E-state index contributed by atoms with van der Waals surface area (Å²) in [6.07, 6.45) is -3.52. The maximum atomic E-state index is 13.1. The van der Waals surface area contributed by atoms with Crippen molar-refractivity contribution in [3.63, 3.8) is 0 Å². The van der Waals surface area contributed by atoms with Gasteiger partial charge < -0.3 is 10.0 Å². The maximum Gasteiger partial charge on any atom is 0.416 e. The third kappa shape index (κ3) is 3.18. The van der Waals surface area contributed by atoms with E-state index in [2.05, 4.69) is 0 Å². The van der Waals surface area contributed by atoms with Crippen molar-refractivity contribution < 1.29 is 27.9 Å². The van der Waals surface area contributed by atoms with E-state index in [-0.39, 0.29) is 24.4 Å². The number of alkyl halides is 3. The Bertz CT molecular complexity index is 712. The van der Waals surface area contributed by atoms with Gasteiger partial charge in [0.2, 0.25) is 5.91 Å². The molecule has 2 saturated heterocycles. The molecule has 2 heterocycles. The molecule has 5 nitrogen and oxygen atoms in total. The lowest BCUT2D eigenvalue weighted by Gasteiger charge is -2.45. The van der Waals surface area contributed by atoms with Crippen LogP contribution >= 0.6 is 0 Å². The van der Waals surface area contributed by atoms with Crippen molar-refractivity contribution in [3.05, 3.63) is 35.4 Å². The molecule has 0 unspecified atom stereocenters. The molecule has 2 fully saturated rings. The normalized spacial score (nSPS) is 23.6. The van der Waals surface area contributed by atoms with Crippen LogP contribution in [-0.4, -0.2) is 52.5 Å². The molecule has 0 saturated carbocycles. The summed E-state index contributed by atoms with van der Waals surface area (Å²) < 4.78 is 39.4. The van der Waals surface area contributed by atoms with Crippen molar-refractivity contribution in [2.45, 2.75) is 37.5 Å². The zero-order valence-electron chi connectivity index (χ0n) is 14.4. The molecule has 142 valence electrons. The fourth-order valence-corrected chi connectivity index (χ4v) is 4.26. The Labute approximate surface area is 149 Å². The van der Waals surface area contributed by atoms with Gasteiger partial charge in [-0.05, 0) is 24.5 Å². The Morgan fingerprint density at radius 2 is 1.88 bits per heavy atom. The lowest BCUT2D eigenvalue weighted by atomic mass is 9.77. The third-order valence-electron chi connectivity index (χ3n) is 5.81. The van der Waals surface area contributed by atoms with Gasteiger partial charge in [-0.25, -0.2) is 0 Å². The summed E-state index contributed by atoms with van der Waals surface area (Å²) in [4.78, 5) is 27.0. The molecule has 1 aromatic rings. The van der Waals surface area contributed by atoms with Crippen LogP contribution in [0.15, 0.2) is 24.3 Å². The fourth-order valence-electron chi connectivity index (χ4n) is 4.26. The first kappa shape index (κ1) is 18.7. The zero-order valence-corrected chi connectivity index (χ0v) is 14.4. The standard InChI is InChI=1S/C18H21F3N2O3/c1-22-15(24)10-14(16(25)26)17(22)6-8-23(9-7-17)11-12-4-2-3-5-13(12)18(19,20)21/h2-5,14H,6-11H2,1H3,(H,25,26)/t14-/m0/s1. The van der Waals surface area contributed by atoms with Crippen LogP contribution in [0.3, 0.4) is 0 Å². The Hall–Kier alpha value is -2.09. The molecule has 2 aliphatic heterocycles. The molecule has 2 aliphatic rings. The average Bonchev–Trinajstić information content (AvgIpc) is 2.82. The van der Waals surface area contributed by atoms with Gasteiger partial charge in [-0.15, -0.1) is 0 Å². The minimum atomic E-state index is -4.40. The van der Waals surface area contributed by atoms with Gasteiger partial charge >= 0.3 is 12.1 Å². The highest BCUT2D eigenvalue weighted by Gasteiger charge is 2.55. The predicted octanol–water partition coefficient (Wildman–Crippen LogP) is 2.60. The Kier molecular flexibility index (Phi) is 4.72. The first-order chi connectivity index (χ1) is 12.1. The number of carbonyl (C=O) groups excluding carboxylic acids is 1. The summed E-state index contributed by atoms with van der Waals surface area (Å²) in [7, 11) is 1.62. The van der Waals surface area contributed by atoms with Crippen LogP contribution in [0.1, 0.15) is 30.4 Å². The van der Waals surface area contributed by atoms with Crippen molar-refractivity contribution in [3.8, 4) is 0 Å². The van der Waals surface area contributed by atoms with Crippen molar-refractivity contribution in [1.82, 2.24) is 9.80 Å². The number of carboxylic acid groups (broad SMARTS) is 1. The summed E-state index contributed by atoms with van der Waals surface area (Å²) >= 11 is 0. The van der Waals surface area contributed by atoms with E-state index in [9.17, 15) is 27.9 Å². The van der Waals surface area contributed by atoms with E-state index >= 15 is 0 Å². The lowest BCUT2D eigenvalue weighted by molar-refractivity contribution is -0.146. The highest BCUT2D eigenvalue weighted by atomic mass is 19.4. The number of aliphatic carboxylic acids is 1. The Morgan fingerprint density at radius 3 is 2.46 bits per heavy atom. The predicted molar refractivity (Wildman–Crippen MR) is 87.2 cm³/mol. The second-order valence-corrected chi connectivity index (χ2v) is 7.08. The van der Waals surface area contributed by atoms with Crippen LogP contribution in [0.2, 0.25) is 0 Å². The van der Waals surface area contributed by atoms with Gasteiger partial charge in [0.15, 0.2) is 0 Å². The highest BCUT2D eigenvalue weighted by Crippen LogP contribution is 2.43. The molecule has 26 heavy (non-hydrogen) atoms. The molecule has 1 amide bonds. The van der Waals surface area contributed by atoms with Gasteiger partial charge in [0.1, 0.15) is 0 Å². The molecular weight excluding hydrogens is 349 g/mol. The van der Waals surface area contributed by atoms with Crippen LogP contribution < -0.4 is 0 Å². The van der Waals surface area contributed by atoms with E-state index in [1.165, 1.54) is 17.0 Å². The largest absolute Gasteiger partial charge is 0.481 e. The molecule has 0 aliphatic carbocycles. The smallest absolute Gasteiger partial charge is 0.416 e. The number of likely N-dealkylation sites (tertiary alicyclic amines) is 2. The molecule has 1 N–H and O–H groups in total. The number of hydrogen-bond donors (Lipinski definition) is 1. The SMILES string of the molecule is CN1C(=O)C[C@@H](C(=O)O)C12CCN(Cc1ccccc1C(F)(F)F)CC2. The molecule has 3 rings (SSSR count). The third-order valence-corrected chi connectivity index (χ3v) is 5.81. The summed E-state index contributed by atoms with van der Waals surface area (Å²) in [5.41, 5.74) is -1.17. The summed E-state index contributed by atoms with van der Waals surface area (Å²) in [5, 5.41) is 9.48. The number of amides is 1. The number of piperidine rings is 1. The molecule has 0 bridgehead atoms. The quantitative estimate of drug-likeness (QED) is 0.889. The molecule has 8 heteroatoms. The minimum absolute atomic E-state index is 0.0112. The van der Waals surface area contributed by atoms with Crippen molar-refractivity contribution in [2.24, 2.45) is 5.92 Å². The number of carbonyl (C=O) groups is 2. The monoisotopic (exact) mass is 370 g/mol. The van der Waals surface area contributed by atoms with E-state index in [1.807, 2.05) is 4.90 Å². The lowest BCUT2D eigenvalue weighted by Crippen LogP contribution is -2.56. The van der Waals surface area contributed by atoms with Crippen LogP contribution in [0.4, 0.5) is 13.2 Å². The van der Waals surface area contributed by atoms with E-state index in [1.54, 1.807) is 13.1 Å². The molecule has 1 atom stereocenters. The van der Waals surface area contributed by atoms with Crippen LogP contribution in [-0.2, 0) is 22.3 Å². The first-order valence-electron chi connectivity index (χ1n) is 8.52. The topological polar surface area (TPSA) is 60.9 Å². The molecule has 1 aromatic carbocycles. The summed E-state index contributed by atoms with van der Waals surface area (Å²) in [6.45, 7) is 1.06. The number of carboxylic acids is 1. The van der Waals surface area contributed by atoms with Gasteiger partial charge in [-0.3, -0.25) is 14.5 Å². The second kappa shape index (κ2) is 6.57. The zero-order chi connectivity index (χ0) is 19.1. The summed E-state index contributed by atoms with van der Waals surface area (Å²) in [5.74, 6) is -1.93. The molecule has 0 aromatic heterocycles. The average molecular weight is 370 g/mol. The van der Waals surface area contributed by atoms with Crippen molar-refractivity contribution >= 4 is 11.9 Å². The van der Waals surface area contributed by atoms with Gasteiger partial charge in [0.05, 0.1) is 17.0 Å². The van der Waals surface area contributed by atoms with Crippen LogP contribution in [0, 0.1) is 5.92 Å². The fraction of sp³-hybridized carbons (Fsp3) is 0.556. The van der Waals surface area contributed by atoms with E-state index < -0.39 is 29.2 Å². The van der Waals surface area contributed by atoms with E-state index in [0.717, 1.165) is 6.07 Å². The number of halogens is 3. The number of rotatable bonds is 3. The van der Waals surface area contributed by atoms with Gasteiger partial charge in [-0.2, -0.15) is 13.2 Å². The molecule has 0 radical (unpaired) electrons. The Morgan fingerprint density at radius 1 is 1.27 bits per heavy atom. The minimum Gasteiger partial charge on any atom is -0.481 e. The van der Waals surface area contributed by atoms with Crippen LogP contribution in [0.5, 0.6) is 0 Å². The van der Waals surface area contributed by atoms with Crippen molar-refractivity contribution in [1.29, 1.82) is 0 Å². The molecular formula is C18H21F3N2O3. The Balaban J connectivity index is 1.74. The highest BCUT2D eigenvalue weighted by molar-refractivity contribution is 5.88. The summed E-state index contributed by atoms with van der Waals surface area (Å²) in [6, 6.07) is 5.50. The first-order valence-corrected chi connectivity index (χ1v) is 8.52. The van der Waals surface area contributed by atoms with E-state index in [0.29, 0.717) is 25.9 Å². The number of nitrogens with zero attached hydrogens (tertiary/aromatic N) is 2. The van der Waals surface area contributed by atoms with Gasteiger partial charge in [0, 0.05) is 33.1 Å². The van der Waals surface area contributed by atoms with Crippen LogP contribution in [0.25, 0.3) is 0 Å². The maximum absolute atomic E-state index is 13.1. The van der Waals surface area contributed by atoms with Gasteiger partial charge in [0.25, 0.3) is 0 Å². The molecule has 1 spiro atoms.